The molecule has 9 heteroatoms. The van der Waals surface area contributed by atoms with Crippen LogP contribution in [0.25, 0.3) is 11.2 Å². The first-order valence-electron chi connectivity index (χ1n) is 10.4. The Balaban J connectivity index is 1.61. The standard InChI is InChI=1S/C23H21F3N5O/c1-29-14-27-28-21(29)20(15-7-4-8-15)16-6-2-3-9-17(12-16)31-13-19-18(23(24,25)26)10-5-11-30(19)22(31)32/h2-3,5-6,9-15,20H,4,7-8H2,1H3/q+1/t20-/m0/s1. The zero-order valence-corrected chi connectivity index (χ0v) is 17.3. The molecule has 0 N–H and O–H groups in total. The molecule has 0 spiro atoms. The number of halogens is 3. The lowest BCUT2D eigenvalue weighted by Crippen LogP contribution is -2.31. The summed E-state index contributed by atoms with van der Waals surface area (Å²) >= 11 is 0. The highest BCUT2D eigenvalue weighted by atomic mass is 19.4. The molecule has 2 radical (unpaired) electrons. The van der Waals surface area contributed by atoms with Crippen molar-refractivity contribution in [1.29, 1.82) is 0 Å². The smallest absolute Gasteiger partial charge is 0.267 e. The van der Waals surface area contributed by atoms with Gasteiger partial charge in [0.05, 0.1) is 34.9 Å². The van der Waals surface area contributed by atoms with E-state index < -0.39 is 17.4 Å². The molecule has 1 fully saturated rings. The maximum atomic E-state index is 13.5. The van der Waals surface area contributed by atoms with Crippen molar-refractivity contribution in [3.05, 3.63) is 83.0 Å². The van der Waals surface area contributed by atoms with E-state index in [-0.39, 0.29) is 11.4 Å². The molecule has 1 aliphatic heterocycles. The molecule has 164 valence electrons. The van der Waals surface area contributed by atoms with Gasteiger partial charge in [-0.15, -0.1) is 0 Å². The first-order chi connectivity index (χ1) is 15.3. The SMILES string of the molecule is C[N+]1=CN=N[C]1[C@H](C1=C[CH]C=CC(n2cc3c(C(F)(F)F)cccn3c2=O)=C1)C1CCC1. The van der Waals surface area contributed by atoms with Crippen LogP contribution in [0.3, 0.4) is 0 Å². The number of pyridine rings is 1. The lowest BCUT2D eigenvalue weighted by atomic mass is 9.71. The van der Waals surface area contributed by atoms with Gasteiger partial charge in [-0.05, 0) is 53.7 Å². The van der Waals surface area contributed by atoms with Crippen molar-refractivity contribution in [3.63, 3.8) is 0 Å². The molecular weight excluding hydrogens is 419 g/mol. The molecule has 1 saturated carbocycles. The summed E-state index contributed by atoms with van der Waals surface area (Å²) in [6.07, 6.45) is 13.1. The largest absolute Gasteiger partial charge is 0.418 e. The van der Waals surface area contributed by atoms with Crippen molar-refractivity contribution in [1.82, 2.24) is 8.97 Å². The molecule has 2 aromatic heterocycles. The number of allylic oxidation sites excluding steroid dienone is 5. The van der Waals surface area contributed by atoms with E-state index in [1.807, 2.05) is 30.2 Å². The van der Waals surface area contributed by atoms with E-state index in [1.165, 1.54) is 23.0 Å². The number of fused-ring (bicyclic) bond motifs is 1. The second-order valence-corrected chi connectivity index (χ2v) is 8.21. The van der Waals surface area contributed by atoms with E-state index in [0.717, 1.165) is 41.5 Å². The minimum Gasteiger partial charge on any atom is -0.267 e. The van der Waals surface area contributed by atoms with Crippen LogP contribution in [0.15, 0.2) is 69.4 Å². The van der Waals surface area contributed by atoms with Crippen molar-refractivity contribution in [2.24, 2.45) is 22.1 Å². The Labute approximate surface area is 182 Å². The van der Waals surface area contributed by atoms with Gasteiger partial charge in [-0.25, -0.2) is 9.37 Å². The summed E-state index contributed by atoms with van der Waals surface area (Å²) in [5, 5.41) is 8.35. The van der Waals surface area contributed by atoms with Crippen LogP contribution in [0, 0.1) is 24.4 Å². The summed E-state index contributed by atoms with van der Waals surface area (Å²) in [5.41, 5.74) is -0.130. The molecule has 0 saturated heterocycles. The van der Waals surface area contributed by atoms with Crippen molar-refractivity contribution in [2.75, 3.05) is 7.05 Å². The lowest BCUT2D eigenvalue weighted by Gasteiger charge is -2.34. The van der Waals surface area contributed by atoms with E-state index in [4.69, 9.17) is 0 Å². The molecule has 2 aliphatic carbocycles. The number of alkyl halides is 3. The number of aromatic nitrogens is 2. The third kappa shape index (κ3) is 3.45. The van der Waals surface area contributed by atoms with E-state index in [0.29, 0.717) is 11.6 Å². The molecule has 2 aromatic rings. The summed E-state index contributed by atoms with van der Waals surface area (Å²) < 4.78 is 44.6. The predicted octanol–water partition coefficient (Wildman–Crippen LogP) is 4.70. The van der Waals surface area contributed by atoms with Gasteiger partial charge in [-0.1, -0.05) is 18.6 Å². The average Bonchev–Trinajstić information content (AvgIpc) is 3.18. The van der Waals surface area contributed by atoms with Crippen LogP contribution in [-0.2, 0) is 6.18 Å². The molecular formula is C23H21F3N5O+. The molecule has 0 aromatic carbocycles. The van der Waals surface area contributed by atoms with E-state index >= 15 is 0 Å². The van der Waals surface area contributed by atoms with E-state index in [1.54, 1.807) is 18.5 Å². The van der Waals surface area contributed by atoms with E-state index in [9.17, 15) is 18.0 Å². The number of hydrogen-bond acceptors (Lipinski definition) is 3. The van der Waals surface area contributed by atoms with Crippen LogP contribution in [-0.4, -0.2) is 26.9 Å². The van der Waals surface area contributed by atoms with E-state index in [2.05, 4.69) is 10.2 Å². The summed E-state index contributed by atoms with van der Waals surface area (Å²) in [7, 11) is 1.90. The Hall–Kier alpha value is -3.23. The predicted molar refractivity (Wildman–Crippen MR) is 114 cm³/mol. The summed E-state index contributed by atoms with van der Waals surface area (Å²) in [5.74, 6) is 0.385. The Kier molecular flexibility index (Phi) is 4.98. The molecule has 0 amide bonds. The maximum Gasteiger partial charge on any atom is 0.418 e. The van der Waals surface area contributed by atoms with Gasteiger partial charge >= 0.3 is 24.4 Å². The maximum absolute atomic E-state index is 13.5. The molecule has 0 bridgehead atoms. The number of hydrogen-bond donors (Lipinski definition) is 0. The molecule has 0 unspecified atom stereocenters. The van der Waals surface area contributed by atoms with Gasteiger partial charge in [0, 0.05) is 18.8 Å². The second-order valence-electron chi connectivity index (χ2n) is 8.21. The molecule has 1 atom stereocenters. The molecule has 3 aliphatic rings. The number of azo groups is 1. The van der Waals surface area contributed by atoms with Crippen LogP contribution in [0.1, 0.15) is 24.8 Å². The third-order valence-electron chi connectivity index (χ3n) is 6.27. The second kappa shape index (κ2) is 7.72. The summed E-state index contributed by atoms with van der Waals surface area (Å²) in [6, 6.07) is 2.22. The molecule has 6 nitrogen and oxygen atoms in total. The average molecular weight is 440 g/mol. The lowest BCUT2D eigenvalue weighted by molar-refractivity contribution is -0.483. The zero-order chi connectivity index (χ0) is 22.5. The van der Waals surface area contributed by atoms with Crippen LogP contribution in [0.5, 0.6) is 0 Å². The third-order valence-corrected chi connectivity index (χ3v) is 6.27. The monoisotopic (exact) mass is 440 g/mol. The topological polar surface area (TPSA) is 54.1 Å². The van der Waals surface area contributed by atoms with Gasteiger partial charge in [0.15, 0.2) is 0 Å². The molecule has 32 heavy (non-hydrogen) atoms. The van der Waals surface area contributed by atoms with Gasteiger partial charge in [-0.2, -0.15) is 13.2 Å². The van der Waals surface area contributed by atoms with Gasteiger partial charge in [0.2, 0.25) is 0 Å². The van der Waals surface area contributed by atoms with Crippen molar-refractivity contribution >= 4 is 17.6 Å². The highest BCUT2D eigenvalue weighted by Crippen LogP contribution is 2.44. The minimum atomic E-state index is -4.56. The zero-order valence-electron chi connectivity index (χ0n) is 17.3. The van der Waals surface area contributed by atoms with Crippen LogP contribution in [0.4, 0.5) is 13.2 Å². The van der Waals surface area contributed by atoms with Crippen LogP contribution in [0.2, 0.25) is 0 Å². The van der Waals surface area contributed by atoms with Gasteiger partial charge in [0.1, 0.15) is 0 Å². The normalized spacial score (nSPS) is 20.7. The fourth-order valence-electron chi connectivity index (χ4n) is 4.45. The number of rotatable bonds is 4. The summed E-state index contributed by atoms with van der Waals surface area (Å²) in [4.78, 5) is 13.0. The Bertz CT molecular complexity index is 1270. The van der Waals surface area contributed by atoms with Crippen molar-refractivity contribution < 1.29 is 17.7 Å². The van der Waals surface area contributed by atoms with Gasteiger partial charge in [-0.3, -0.25) is 8.97 Å². The first kappa shape index (κ1) is 20.7. The number of nitrogens with zero attached hydrogens (tertiary/aromatic N) is 5. The fraction of sp³-hybridized carbons (Fsp3) is 0.304. The van der Waals surface area contributed by atoms with Gasteiger partial charge < -0.3 is 0 Å². The quantitative estimate of drug-likeness (QED) is 0.636. The summed E-state index contributed by atoms with van der Waals surface area (Å²) in [6.45, 7) is 0. The highest BCUT2D eigenvalue weighted by Gasteiger charge is 2.43. The van der Waals surface area contributed by atoms with Crippen molar-refractivity contribution in [2.45, 2.75) is 25.4 Å². The van der Waals surface area contributed by atoms with Crippen molar-refractivity contribution in [3.8, 4) is 0 Å². The van der Waals surface area contributed by atoms with Crippen LogP contribution >= 0.6 is 0 Å². The van der Waals surface area contributed by atoms with Gasteiger partial charge in [0.25, 0.3) is 0 Å². The number of imidazole rings is 1. The fourth-order valence-corrected chi connectivity index (χ4v) is 4.45. The minimum absolute atomic E-state index is 0.0131. The van der Waals surface area contributed by atoms with Crippen LogP contribution < -0.4 is 5.69 Å². The molecule has 3 heterocycles. The molecule has 5 rings (SSSR count). The Morgan fingerprint density at radius 3 is 2.75 bits per heavy atom. The highest BCUT2D eigenvalue weighted by molar-refractivity contribution is 5.67. The Morgan fingerprint density at radius 2 is 2.09 bits per heavy atom. The first-order valence-corrected chi connectivity index (χ1v) is 10.4. The Morgan fingerprint density at radius 1 is 1.28 bits per heavy atom.